The Labute approximate surface area is 341 Å². The van der Waals surface area contributed by atoms with E-state index in [1.165, 1.54) is 111 Å². The van der Waals surface area contributed by atoms with Crippen LogP contribution in [0.3, 0.4) is 0 Å². The highest BCUT2D eigenvalue weighted by molar-refractivity contribution is 7.02. The summed E-state index contributed by atoms with van der Waals surface area (Å²) in [4.78, 5) is 7.96. The highest BCUT2D eigenvalue weighted by Crippen LogP contribution is 2.62. The number of para-hydroxylation sites is 3. The van der Waals surface area contributed by atoms with Crippen molar-refractivity contribution in [1.29, 1.82) is 0 Å². The molecule has 5 aliphatic rings. The van der Waals surface area contributed by atoms with Gasteiger partial charge in [-0.25, -0.2) is 0 Å². The molecule has 0 saturated carbocycles. The van der Waals surface area contributed by atoms with E-state index in [9.17, 15) is 0 Å². The van der Waals surface area contributed by atoms with Crippen LogP contribution in [0.2, 0.25) is 0 Å². The summed E-state index contributed by atoms with van der Waals surface area (Å²) in [5, 5.41) is 4.57. The van der Waals surface area contributed by atoms with Gasteiger partial charge in [-0.2, -0.15) is 0 Å². The molecule has 0 spiro atoms. The average molecular weight is 760 g/mol. The number of nitrogens with zero attached hydrogens (tertiary/aromatic N) is 3. The van der Waals surface area contributed by atoms with Crippen LogP contribution in [-0.4, -0.2) is 8.80 Å². The maximum absolute atomic E-state index is 2.76. The Balaban J connectivity index is 1.28. The predicted octanol–water partition coefficient (Wildman–Crippen LogP) is 11.9. The number of fused-ring (bicyclic) bond motifs is 8. The molecular weight excluding hydrogens is 719 g/mol. The van der Waals surface area contributed by atoms with Crippen molar-refractivity contribution in [1.82, 2.24) is 0 Å². The fourth-order valence-corrected chi connectivity index (χ4v) is 15.8. The summed E-state index contributed by atoms with van der Waals surface area (Å²) < 4.78 is 0. The van der Waals surface area contributed by atoms with Crippen LogP contribution in [0, 0.1) is 0 Å². The summed E-state index contributed by atoms with van der Waals surface area (Å²) in [5.74, 6) is 0. The Hall–Kier alpha value is -6.62. The molecule has 13 rings (SSSR count). The number of benzene rings is 8. The minimum Gasteiger partial charge on any atom is -0.311 e. The lowest BCUT2D eigenvalue weighted by atomic mass is 9.79. The predicted molar refractivity (Wildman–Crippen MR) is 245 cm³/mol. The first-order chi connectivity index (χ1) is 28.4. The van der Waals surface area contributed by atoms with Crippen molar-refractivity contribution in [3.8, 4) is 22.3 Å². The van der Waals surface area contributed by atoms with Gasteiger partial charge in [-0.3, -0.25) is 0 Å². The molecule has 4 heteroatoms. The highest BCUT2D eigenvalue weighted by Gasteiger charge is 2.54. The van der Waals surface area contributed by atoms with E-state index in [0.717, 1.165) is 0 Å². The topological polar surface area (TPSA) is 9.72 Å². The summed E-state index contributed by atoms with van der Waals surface area (Å²) in [7, 11) is -2.21. The van der Waals surface area contributed by atoms with Gasteiger partial charge in [0.2, 0.25) is 0 Å². The molecule has 3 heterocycles. The fourth-order valence-electron chi connectivity index (χ4n) is 11.8. The van der Waals surface area contributed by atoms with Crippen LogP contribution in [0.1, 0.15) is 49.9 Å². The fraction of sp³-hybridized carbons (Fsp3) is 0.111. The van der Waals surface area contributed by atoms with Crippen LogP contribution < -0.4 is 30.3 Å². The Kier molecular flexibility index (Phi) is 6.19. The van der Waals surface area contributed by atoms with Gasteiger partial charge in [-0.05, 0) is 121 Å². The lowest BCUT2D eigenvalue weighted by Gasteiger charge is -2.52. The highest BCUT2D eigenvalue weighted by atomic mass is 28.3. The molecular formula is C54H41N3Si. The van der Waals surface area contributed by atoms with Crippen molar-refractivity contribution >= 4 is 75.5 Å². The summed E-state index contributed by atoms with van der Waals surface area (Å²) in [5.41, 5.74) is 22.3. The van der Waals surface area contributed by atoms with Gasteiger partial charge in [0.05, 0.1) is 11.4 Å². The molecule has 0 aromatic heterocycles. The first kappa shape index (κ1) is 32.5. The number of anilines is 9. The molecule has 0 unspecified atom stereocenters. The lowest BCUT2D eigenvalue weighted by molar-refractivity contribution is 0.656. The average Bonchev–Trinajstić information content (AvgIpc) is 3.63. The third-order valence-electron chi connectivity index (χ3n) is 14.0. The first-order valence-corrected chi connectivity index (χ1v) is 22.4. The van der Waals surface area contributed by atoms with Crippen molar-refractivity contribution in [2.24, 2.45) is 0 Å². The van der Waals surface area contributed by atoms with Gasteiger partial charge in [-0.1, -0.05) is 137 Å². The SMILES string of the molecule is CC1(C)c2ccccc2-c2cc3c4c(c21)N(c1ccccc1)c1c2c(cc5c1C(C)(C)c1ccccc1-5)N(c1ccccc1)c1cccc(c1[SiH]42)N3c1ccccc1. The van der Waals surface area contributed by atoms with Crippen molar-refractivity contribution < 1.29 is 0 Å². The molecule has 276 valence electrons. The Bertz CT molecular complexity index is 2890. The second-order valence-corrected chi connectivity index (χ2v) is 20.3. The molecule has 0 saturated heterocycles. The zero-order chi connectivity index (χ0) is 38.7. The monoisotopic (exact) mass is 759 g/mol. The van der Waals surface area contributed by atoms with E-state index in [1.54, 1.807) is 0 Å². The maximum Gasteiger partial charge on any atom is 0.149 e. The quantitative estimate of drug-likeness (QED) is 0.166. The van der Waals surface area contributed by atoms with Crippen molar-refractivity contribution in [3.63, 3.8) is 0 Å². The van der Waals surface area contributed by atoms with Gasteiger partial charge in [-0.15, -0.1) is 0 Å². The molecule has 3 aliphatic heterocycles. The third kappa shape index (κ3) is 3.84. The number of hydrogen-bond acceptors (Lipinski definition) is 3. The van der Waals surface area contributed by atoms with Crippen LogP contribution >= 0.6 is 0 Å². The largest absolute Gasteiger partial charge is 0.311 e. The molecule has 3 nitrogen and oxygen atoms in total. The van der Waals surface area contributed by atoms with Gasteiger partial charge in [0.1, 0.15) is 8.80 Å². The summed E-state index contributed by atoms with van der Waals surface area (Å²) >= 11 is 0. The standard InChI is InChI=1S/C54H41N3Si/c1-53(2)40-27-16-14-25-36(40)38-31-44-51-48(46(38)53)57(35-23-12-7-13-24-35)49-47-39(37-26-15-17-28-41(37)54(47,3)4)32-45-52(49)58(51)50-42(55(44)33-19-8-5-9-20-33)29-18-30-43(50)56(45)34-21-10-6-11-22-34/h5-32,58H,1-4H3. The van der Waals surface area contributed by atoms with Gasteiger partial charge < -0.3 is 14.7 Å². The molecule has 0 N–H and O–H groups in total. The smallest absolute Gasteiger partial charge is 0.149 e. The van der Waals surface area contributed by atoms with E-state index in [4.69, 9.17) is 0 Å². The number of hydrogen-bond donors (Lipinski definition) is 0. The van der Waals surface area contributed by atoms with E-state index < -0.39 is 8.80 Å². The van der Waals surface area contributed by atoms with Gasteiger partial charge >= 0.3 is 0 Å². The van der Waals surface area contributed by atoms with Crippen LogP contribution in [0.4, 0.5) is 51.2 Å². The summed E-state index contributed by atoms with van der Waals surface area (Å²) in [6.45, 7) is 9.88. The van der Waals surface area contributed by atoms with E-state index >= 15 is 0 Å². The second-order valence-electron chi connectivity index (χ2n) is 17.7. The van der Waals surface area contributed by atoms with Crippen LogP contribution in [0.15, 0.2) is 170 Å². The summed E-state index contributed by atoms with van der Waals surface area (Å²) in [6.07, 6.45) is 0. The molecule has 0 amide bonds. The van der Waals surface area contributed by atoms with Crippen molar-refractivity contribution in [3.05, 3.63) is 192 Å². The van der Waals surface area contributed by atoms with E-state index in [1.807, 2.05) is 0 Å². The summed E-state index contributed by atoms with van der Waals surface area (Å²) in [6, 6.07) is 64.2. The van der Waals surface area contributed by atoms with Crippen molar-refractivity contribution in [2.75, 3.05) is 14.7 Å². The molecule has 0 fully saturated rings. The molecule has 0 radical (unpaired) electrons. The van der Waals surface area contributed by atoms with Crippen LogP contribution in [0.5, 0.6) is 0 Å². The molecule has 0 atom stereocenters. The van der Waals surface area contributed by atoms with Crippen LogP contribution in [0.25, 0.3) is 22.3 Å². The Morgan fingerprint density at radius 2 is 0.724 bits per heavy atom. The van der Waals surface area contributed by atoms with Crippen LogP contribution in [-0.2, 0) is 10.8 Å². The van der Waals surface area contributed by atoms with E-state index in [0.29, 0.717) is 0 Å². The molecule has 2 aliphatic carbocycles. The molecule has 0 bridgehead atoms. The third-order valence-corrected chi connectivity index (χ3v) is 17.5. The Morgan fingerprint density at radius 1 is 0.345 bits per heavy atom. The molecule has 58 heavy (non-hydrogen) atoms. The minimum absolute atomic E-state index is 0.226. The van der Waals surface area contributed by atoms with Gasteiger partial charge in [0.15, 0.2) is 0 Å². The lowest BCUT2D eigenvalue weighted by Crippen LogP contribution is -2.65. The number of rotatable bonds is 3. The first-order valence-electron chi connectivity index (χ1n) is 20.7. The second kappa shape index (κ2) is 11.1. The minimum atomic E-state index is -2.21. The zero-order valence-electron chi connectivity index (χ0n) is 33.1. The van der Waals surface area contributed by atoms with Gasteiger partial charge in [0.25, 0.3) is 0 Å². The maximum atomic E-state index is 2.76. The Morgan fingerprint density at radius 3 is 1.16 bits per heavy atom. The normalized spacial score (nSPS) is 16.4. The molecule has 8 aromatic rings. The molecule has 8 aromatic carbocycles. The van der Waals surface area contributed by atoms with E-state index in [-0.39, 0.29) is 10.8 Å². The zero-order valence-corrected chi connectivity index (χ0v) is 34.2. The van der Waals surface area contributed by atoms with Crippen molar-refractivity contribution in [2.45, 2.75) is 38.5 Å². The van der Waals surface area contributed by atoms with Gasteiger partial charge in [0, 0.05) is 50.6 Å². The van der Waals surface area contributed by atoms with E-state index in [2.05, 4.69) is 212 Å².